The molecular formula is C14H18BrNO2. The zero-order valence-electron chi connectivity index (χ0n) is 10.7. The average molecular weight is 312 g/mol. The average Bonchev–Trinajstić information content (AvgIpc) is 2.66. The van der Waals surface area contributed by atoms with Gasteiger partial charge in [0.15, 0.2) is 0 Å². The molecule has 4 heteroatoms. The first-order valence-corrected chi connectivity index (χ1v) is 6.91. The van der Waals surface area contributed by atoms with Gasteiger partial charge < -0.3 is 5.11 Å². The summed E-state index contributed by atoms with van der Waals surface area (Å²) < 4.78 is 1.10. The second-order valence-corrected chi connectivity index (χ2v) is 6.28. The van der Waals surface area contributed by atoms with Crippen molar-refractivity contribution in [1.82, 2.24) is 4.90 Å². The molecule has 98 valence electrons. The van der Waals surface area contributed by atoms with Gasteiger partial charge in [0.1, 0.15) is 0 Å². The summed E-state index contributed by atoms with van der Waals surface area (Å²) in [5, 5.41) is 9.21. The third-order valence-corrected chi connectivity index (χ3v) is 4.41. The minimum absolute atomic E-state index is 0.586. The second-order valence-electron chi connectivity index (χ2n) is 5.42. The number of rotatable bonds is 3. The standard InChI is InChI=1S/C14H18BrNO2/c1-10-3-4-11(12(15)7-10)8-16-6-5-14(2,9-16)13(17)18/h3-4,7H,5-6,8-9H2,1-2H3,(H,17,18). The Morgan fingerprint density at radius 2 is 2.28 bits per heavy atom. The molecule has 0 bridgehead atoms. The van der Waals surface area contributed by atoms with Crippen molar-refractivity contribution in [2.75, 3.05) is 13.1 Å². The van der Waals surface area contributed by atoms with Crippen molar-refractivity contribution in [3.8, 4) is 0 Å². The topological polar surface area (TPSA) is 40.5 Å². The van der Waals surface area contributed by atoms with Crippen molar-refractivity contribution in [2.24, 2.45) is 5.41 Å². The summed E-state index contributed by atoms with van der Waals surface area (Å²) in [7, 11) is 0. The van der Waals surface area contributed by atoms with Crippen LogP contribution >= 0.6 is 15.9 Å². The number of hydrogen-bond acceptors (Lipinski definition) is 2. The van der Waals surface area contributed by atoms with Gasteiger partial charge in [0.2, 0.25) is 0 Å². The van der Waals surface area contributed by atoms with Gasteiger partial charge in [-0.2, -0.15) is 0 Å². The maximum Gasteiger partial charge on any atom is 0.310 e. The first-order chi connectivity index (χ1) is 8.40. The van der Waals surface area contributed by atoms with Gasteiger partial charge in [0.25, 0.3) is 0 Å². The Morgan fingerprint density at radius 1 is 1.56 bits per heavy atom. The molecule has 0 saturated carbocycles. The highest BCUT2D eigenvalue weighted by atomic mass is 79.9. The van der Waals surface area contributed by atoms with Crippen molar-refractivity contribution in [2.45, 2.75) is 26.8 Å². The van der Waals surface area contributed by atoms with E-state index >= 15 is 0 Å². The fraction of sp³-hybridized carbons (Fsp3) is 0.500. The number of aliphatic carboxylic acids is 1. The molecule has 0 aromatic heterocycles. The van der Waals surface area contributed by atoms with Crippen LogP contribution in [0, 0.1) is 12.3 Å². The molecule has 0 amide bonds. The minimum atomic E-state index is -0.687. The maximum absolute atomic E-state index is 11.2. The molecule has 1 aromatic carbocycles. The smallest absolute Gasteiger partial charge is 0.310 e. The molecule has 1 atom stereocenters. The molecule has 0 aliphatic carbocycles. The maximum atomic E-state index is 11.2. The van der Waals surface area contributed by atoms with E-state index in [1.165, 1.54) is 11.1 Å². The van der Waals surface area contributed by atoms with Crippen molar-refractivity contribution in [3.63, 3.8) is 0 Å². The molecule has 1 heterocycles. The van der Waals surface area contributed by atoms with E-state index in [0.29, 0.717) is 6.54 Å². The van der Waals surface area contributed by atoms with Crippen LogP contribution in [0.5, 0.6) is 0 Å². The van der Waals surface area contributed by atoms with E-state index in [4.69, 9.17) is 0 Å². The number of carboxylic acid groups (broad SMARTS) is 1. The lowest BCUT2D eigenvalue weighted by Crippen LogP contribution is -2.31. The summed E-state index contributed by atoms with van der Waals surface area (Å²) in [4.78, 5) is 13.4. The third-order valence-electron chi connectivity index (χ3n) is 3.67. The predicted molar refractivity (Wildman–Crippen MR) is 74.5 cm³/mol. The highest BCUT2D eigenvalue weighted by Crippen LogP contribution is 2.32. The van der Waals surface area contributed by atoms with Gasteiger partial charge in [-0.3, -0.25) is 9.69 Å². The lowest BCUT2D eigenvalue weighted by molar-refractivity contribution is -0.147. The largest absolute Gasteiger partial charge is 0.481 e. The number of aryl methyl sites for hydroxylation is 1. The van der Waals surface area contributed by atoms with Crippen LogP contribution in [0.2, 0.25) is 0 Å². The lowest BCUT2D eigenvalue weighted by Gasteiger charge is -2.20. The van der Waals surface area contributed by atoms with Crippen molar-refractivity contribution in [1.29, 1.82) is 0 Å². The van der Waals surface area contributed by atoms with Gasteiger partial charge in [0, 0.05) is 17.6 Å². The number of carboxylic acids is 1. The summed E-state index contributed by atoms with van der Waals surface area (Å²) >= 11 is 3.57. The van der Waals surface area contributed by atoms with Crippen LogP contribution in [0.25, 0.3) is 0 Å². The fourth-order valence-corrected chi connectivity index (χ4v) is 3.01. The summed E-state index contributed by atoms with van der Waals surface area (Å²) in [6, 6.07) is 6.30. The quantitative estimate of drug-likeness (QED) is 0.932. The molecule has 3 nitrogen and oxygen atoms in total. The summed E-state index contributed by atoms with van der Waals surface area (Å²) in [5.41, 5.74) is 1.86. The molecule has 1 aromatic rings. The first kappa shape index (κ1) is 13.6. The third kappa shape index (κ3) is 2.75. The van der Waals surface area contributed by atoms with Gasteiger partial charge in [-0.15, -0.1) is 0 Å². The van der Waals surface area contributed by atoms with Crippen LogP contribution in [-0.4, -0.2) is 29.1 Å². The zero-order chi connectivity index (χ0) is 13.3. The van der Waals surface area contributed by atoms with E-state index in [2.05, 4.69) is 46.0 Å². The number of halogens is 1. The fourth-order valence-electron chi connectivity index (χ4n) is 2.39. The van der Waals surface area contributed by atoms with Crippen LogP contribution in [0.1, 0.15) is 24.5 Å². The van der Waals surface area contributed by atoms with E-state index in [9.17, 15) is 9.90 Å². The Balaban J connectivity index is 2.06. The molecule has 18 heavy (non-hydrogen) atoms. The van der Waals surface area contributed by atoms with Gasteiger partial charge in [-0.25, -0.2) is 0 Å². The van der Waals surface area contributed by atoms with Crippen LogP contribution in [0.3, 0.4) is 0 Å². The predicted octanol–water partition coefficient (Wildman–Crippen LogP) is 3.05. The Bertz CT molecular complexity index is 475. The van der Waals surface area contributed by atoms with E-state index in [1.807, 2.05) is 6.92 Å². The molecule has 1 aliphatic rings. The monoisotopic (exact) mass is 311 g/mol. The van der Waals surface area contributed by atoms with E-state index in [0.717, 1.165) is 24.0 Å². The Kier molecular flexibility index (Phi) is 3.78. The number of nitrogens with zero attached hydrogens (tertiary/aromatic N) is 1. The number of carbonyl (C=O) groups is 1. The molecular weight excluding hydrogens is 294 g/mol. The first-order valence-electron chi connectivity index (χ1n) is 6.11. The molecule has 2 rings (SSSR count). The molecule has 0 radical (unpaired) electrons. The number of benzene rings is 1. The summed E-state index contributed by atoms with van der Waals surface area (Å²) in [5.74, 6) is -0.687. The van der Waals surface area contributed by atoms with E-state index < -0.39 is 11.4 Å². The zero-order valence-corrected chi connectivity index (χ0v) is 12.3. The number of hydrogen-bond donors (Lipinski definition) is 1. The highest BCUT2D eigenvalue weighted by Gasteiger charge is 2.40. The molecule has 0 spiro atoms. The second kappa shape index (κ2) is 5.02. The Morgan fingerprint density at radius 3 is 2.83 bits per heavy atom. The van der Waals surface area contributed by atoms with Gasteiger partial charge >= 0.3 is 5.97 Å². The van der Waals surface area contributed by atoms with Crippen molar-refractivity contribution < 1.29 is 9.90 Å². The van der Waals surface area contributed by atoms with Crippen molar-refractivity contribution >= 4 is 21.9 Å². The summed E-state index contributed by atoms with van der Waals surface area (Å²) in [6.07, 6.45) is 0.728. The molecule has 1 N–H and O–H groups in total. The van der Waals surface area contributed by atoms with E-state index in [1.54, 1.807) is 0 Å². The molecule has 1 saturated heterocycles. The summed E-state index contributed by atoms with van der Waals surface area (Å²) in [6.45, 7) is 6.18. The van der Waals surface area contributed by atoms with Crippen LogP contribution < -0.4 is 0 Å². The lowest BCUT2D eigenvalue weighted by atomic mass is 9.90. The highest BCUT2D eigenvalue weighted by molar-refractivity contribution is 9.10. The van der Waals surface area contributed by atoms with Gasteiger partial charge in [-0.1, -0.05) is 28.1 Å². The Labute approximate surface area is 116 Å². The number of likely N-dealkylation sites (tertiary alicyclic amines) is 1. The van der Waals surface area contributed by atoms with Crippen LogP contribution in [-0.2, 0) is 11.3 Å². The van der Waals surface area contributed by atoms with Crippen LogP contribution in [0.15, 0.2) is 22.7 Å². The van der Waals surface area contributed by atoms with Crippen LogP contribution in [0.4, 0.5) is 0 Å². The normalized spacial score (nSPS) is 24.4. The van der Waals surface area contributed by atoms with Gasteiger partial charge in [0.05, 0.1) is 5.41 Å². The van der Waals surface area contributed by atoms with E-state index in [-0.39, 0.29) is 0 Å². The Hall–Kier alpha value is -0.870. The van der Waals surface area contributed by atoms with Crippen molar-refractivity contribution in [3.05, 3.63) is 33.8 Å². The minimum Gasteiger partial charge on any atom is -0.481 e. The molecule has 1 aliphatic heterocycles. The SMILES string of the molecule is Cc1ccc(CN2CCC(C)(C(=O)O)C2)c(Br)c1. The molecule has 1 fully saturated rings. The van der Waals surface area contributed by atoms with Gasteiger partial charge in [-0.05, 0) is 44.0 Å². The molecule has 1 unspecified atom stereocenters.